The summed E-state index contributed by atoms with van der Waals surface area (Å²) < 4.78 is 91.6. The zero-order chi connectivity index (χ0) is 22.7. The molecular formula is C20H12. The maximum atomic E-state index is 8.51. The third-order valence-electron chi connectivity index (χ3n) is 3.58. The molecule has 0 heterocycles. The lowest BCUT2D eigenvalue weighted by Crippen LogP contribution is -1.85. The Morgan fingerprint density at radius 2 is 0.950 bits per heavy atom. The smallest absolute Gasteiger partial charge is 0.0610 e. The summed E-state index contributed by atoms with van der Waals surface area (Å²) >= 11 is 0. The standard InChI is InChI=1S/C20H12/c1-5-13-6-2-11-17-18-12-4-8-14-7-3-10-16(20(14)18)15(9-1)19(13)17/h1-12H/i1D,2D,3D,4D,5D,6D,7D,8D,9D,10D,11D. The molecule has 0 saturated heterocycles. The minimum atomic E-state index is -0.514. The molecule has 20 heavy (non-hydrogen) atoms. The van der Waals surface area contributed by atoms with Crippen LogP contribution in [0.1, 0.15) is 15.1 Å². The summed E-state index contributed by atoms with van der Waals surface area (Å²) in [5.41, 5.74) is 0. The highest BCUT2D eigenvalue weighted by atomic mass is 14.1. The summed E-state index contributed by atoms with van der Waals surface area (Å²) in [6.45, 7) is 0. The molecule has 0 unspecified atom stereocenters. The van der Waals surface area contributed by atoms with Crippen LogP contribution in [0.15, 0.2) is 72.5 Å². The van der Waals surface area contributed by atoms with Gasteiger partial charge in [-0.1, -0.05) is 72.5 Å². The molecule has 0 amide bonds. The van der Waals surface area contributed by atoms with E-state index in [-0.39, 0.29) is 61.2 Å². The molecule has 5 aromatic rings. The molecule has 0 aromatic heterocycles. The van der Waals surface area contributed by atoms with Crippen molar-refractivity contribution in [2.24, 2.45) is 0 Å². The highest BCUT2D eigenvalue weighted by Gasteiger charge is 2.11. The van der Waals surface area contributed by atoms with Gasteiger partial charge >= 0.3 is 0 Å². The Labute approximate surface area is 132 Å². The largest absolute Gasteiger partial charge is 0.0629 e. The van der Waals surface area contributed by atoms with E-state index >= 15 is 0 Å². The van der Waals surface area contributed by atoms with Crippen LogP contribution in [0.4, 0.5) is 0 Å². The summed E-state index contributed by atoms with van der Waals surface area (Å²) in [5, 5.41) is 0.349. The van der Waals surface area contributed by atoms with Crippen molar-refractivity contribution in [3.8, 4) is 0 Å². The normalized spacial score (nSPS) is 19.7. The molecule has 0 heteroatoms. The van der Waals surface area contributed by atoms with E-state index in [2.05, 4.69) is 0 Å². The molecule has 0 aliphatic rings. The first-order valence-electron chi connectivity index (χ1n) is 11.6. The van der Waals surface area contributed by atoms with Crippen molar-refractivity contribution in [1.29, 1.82) is 0 Å². The Kier molecular flexibility index (Phi) is 0.777. The predicted octanol–water partition coefficient (Wildman–Crippen LogP) is 5.74. The van der Waals surface area contributed by atoms with Gasteiger partial charge in [0.25, 0.3) is 0 Å². The van der Waals surface area contributed by atoms with E-state index in [1.54, 1.807) is 0 Å². The third kappa shape index (κ3) is 1.12. The SMILES string of the molecule is [2H]c1cc2c3c([2H])c([2H])c([2H])c4c([2H])c([2H])c([2H])c(c5c([2H])c([2H])c([2H])c(c1[2H])c25)c43. The molecule has 0 aliphatic heterocycles. The summed E-state index contributed by atoms with van der Waals surface area (Å²) in [5.74, 6) is 0. The van der Waals surface area contributed by atoms with Crippen LogP contribution in [0.3, 0.4) is 0 Å². The maximum absolute atomic E-state index is 8.51. The number of hydrogen-bond donors (Lipinski definition) is 0. The second-order valence-corrected chi connectivity index (χ2v) is 4.58. The Morgan fingerprint density at radius 1 is 0.500 bits per heavy atom. The van der Waals surface area contributed by atoms with Crippen molar-refractivity contribution < 1.29 is 15.1 Å². The Morgan fingerprint density at radius 3 is 1.55 bits per heavy atom. The van der Waals surface area contributed by atoms with Crippen molar-refractivity contribution in [2.75, 3.05) is 0 Å². The zero-order valence-corrected chi connectivity index (χ0v) is 10.1. The Hall–Kier alpha value is -2.60. The fourth-order valence-electron chi connectivity index (χ4n) is 2.76. The van der Waals surface area contributed by atoms with Crippen molar-refractivity contribution in [3.63, 3.8) is 0 Å². The first-order chi connectivity index (χ1) is 14.5. The molecule has 5 aromatic carbocycles. The first kappa shape index (κ1) is 4.46. The van der Waals surface area contributed by atoms with Crippen LogP contribution < -0.4 is 0 Å². The number of hydrogen-bond acceptors (Lipinski definition) is 0. The van der Waals surface area contributed by atoms with Gasteiger partial charge in [-0.25, -0.2) is 0 Å². The third-order valence-corrected chi connectivity index (χ3v) is 3.58. The van der Waals surface area contributed by atoms with Gasteiger partial charge in [0, 0.05) is 0 Å². The van der Waals surface area contributed by atoms with Crippen LogP contribution in [-0.2, 0) is 0 Å². The topological polar surface area (TPSA) is 0 Å². The van der Waals surface area contributed by atoms with Gasteiger partial charge in [-0.05, 0) is 43.1 Å². The van der Waals surface area contributed by atoms with Gasteiger partial charge in [0.05, 0.1) is 15.1 Å². The molecule has 0 spiro atoms. The van der Waals surface area contributed by atoms with Crippen LogP contribution in [0.5, 0.6) is 0 Å². The fourth-order valence-corrected chi connectivity index (χ4v) is 2.76. The van der Waals surface area contributed by atoms with E-state index in [4.69, 9.17) is 15.1 Å². The zero-order valence-electron chi connectivity index (χ0n) is 21.1. The molecule has 0 fully saturated rings. The summed E-state index contributed by atoms with van der Waals surface area (Å²) in [7, 11) is 0. The second-order valence-electron chi connectivity index (χ2n) is 4.58. The van der Waals surface area contributed by atoms with Crippen LogP contribution in [0.2, 0.25) is 0 Å². The van der Waals surface area contributed by atoms with E-state index in [0.29, 0.717) is 0 Å². The lowest BCUT2D eigenvalue weighted by Gasteiger charge is -2.13. The molecule has 0 aliphatic carbocycles. The molecule has 0 N–H and O–H groups in total. The number of fused-ring (bicyclic) bond motifs is 2. The van der Waals surface area contributed by atoms with Crippen molar-refractivity contribution in [3.05, 3.63) is 72.5 Å². The Balaban J connectivity index is 2.41. The molecule has 0 atom stereocenters. The highest BCUT2D eigenvalue weighted by molar-refractivity contribution is 6.32. The van der Waals surface area contributed by atoms with Gasteiger partial charge in [0.1, 0.15) is 0 Å². The van der Waals surface area contributed by atoms with Crippen LogP contribution in [0.25, 0.3) is 43.1 Å². The number of benzene rings is 5. The van der Waals surface area contributed by atoms with Gasteiger partial charge in [-0.3, -0.25) is 0 Å². The summed E-state index contributed by atoms with van der Waals surface area (Å²) in [6, 6.07) is -3.31. The first-order valence-corrected chi connectivity index (χ1v) is 6.08. The maximum Gasteiger partial charge on any atom is 0.0629 e. The minimum absolute atomic E-state index is 0.0128. The van der Waals surface area contributed by atoms with E-state index in [0.717, 1.165) is 0 Å². The van der Waals surface area contributed by atoms with Gasteiger partial charge in [-0.15, -0.1) is 0 Å². The van der Waals surface area contributed by atoms with Crippen LogP contribution in [-0.4, -0.2) is 0 Å². The highest BCUT2D eigenvalue weighted by Crippen LogP contribution is 2.39. The number of rotatable bonds is 0. The lowest BCUT2D eigenvalue weighted by atomic mass is 9.90. The van der Waals surface area contributed by atoms with Crippen molar-refractivity contribution in [2.45, 2.75) is 0 Å². The Bertz CT molecular complexity index is 1630. The average molecular weight is 263 g/mol. The van der Waals surface area contributed by atoms with E-state index in [9.17, 15) is 0 Å². The van der Waals surface area contributed by atoms with E-state index in [1.807, 2.05) is 0 Å². The van der Waals surface area contributed by atoms with Crippen molar-refractivity contribution in [1.82, 2.24) is 0 Å². The van der Waals surface area contributed by atoms with Gasteiger partial charge in [0.2, 0.25) is 0 Å². The average Bonchev–Trinajstić information content (AvgIpc) is 2.73. The predicted molar refractivity (Wildman–Crippen MR) is 87.7 cm³/mol. The quantitative estimate of drug-likeness (QED) is 0.247. The van der Waals surface area contributed by atoms with Gasteiger partial charge in [-0.2, -0.15) is 0 Å². The monoisotopic (exact) mass is 263 g/mol. The molecule has 5 rings (SSSR count). The lowest BCUT2D eigenvalue weighted by molar-refractivity contribution is 1.78. The van der Waals surface area contributed by atoms with E-state index in [1.165, 1.54) is 6.07 Å². The summed E-state index contributed by atoms with van der Waals surface area (Å²) in [4.78, 5) is 0. The van der Waals surface area contributed by atoms with E-state index < -0.39 is 48.3 Å². The summed E-state index contributed by atoms with van der Waals surface area (Å²) in [6.07, 6.45) is 0. The molecule has 0 saturated carbocycles. The minimum Gasteiger partial charge on any atom is -0.0610 e. The van der Waals surface area contributed by atoms with Crippen LogP contribution in [0, 0.1) is 0 Å². The molecule has 0 nitrogen and oxygen atoms in total. The molecule has 0 radical (unpaired) electrons. The van der Waals surface area contributed by atoms with Crippen molar-refractivity contribution >= 4 is 43.1 Å². The fraction of sp³-hybridized carbons (Fsp3) is 0. The second kappa shape index (κ2) is 3.49. The molecular weight excluding hydrogens is 240 g/mol. The van der Waals surface area contributed by atoms with Gasteiger partial charge < -0.3 is 0 Å². The van der Waals surface area contributed by atoms with Gasteiger partial charge in [0.15, 0.2) is 0 Å². The van der Waals surface area contributed by atoms with Crippen LogP contribution >= 0.6 is 0 Å². The molecule has 92 valence electrons. The molecule has 0 bridgehead atoms.